The molecular weight excluding hydrogens is 457 g/mol. The van der Waals surface area contributed by atoms with Crippen LogP contribution >= 0.6 is 0 Å². The molecule has 0 bridgehead atoms. The van der Waals surface area contributed by atoms with Gasteiger partial charge >= 0.3 is 5.97 Å². The van der Waals surface area contributed by atoms with Gasteiger partial charge in [0.2, 0.25) is 0 Å². The summed E-state index contributed by atoms with van der Waals surface area (Å²) in [7, 11) is 1.59. The maximum atomic E-state index is 15.9. The van der Waals surface area contributed by atoms with E-state index in [4.69, 9.17) is 10.5 Å². The number of alkyl halides is 1. The zero-order valence-electron chi connectivity index (χ0n) is 21.7. The van der Waals surface area contributed by atoms with Crippen molar-refractivity contribution in [3.63, 3.8) is 0 Å². The Morgan fingerprint density at radius 1 is 1.28 bits per heavy atom. The van der Waals surface area contributed by atoms with Gasteiger partial charge in [-0.15, -0.1) is 0 Å². The topological polar surface area (TPSA) is 88.7 Å². The molecule has 1 aliphatic carbocycles. The Kier molecular flexibility index (Phi) is 9.18. The van der Waals surface area contributed by atoms with Crippen molar-refractivity contribution in [2.75, 3.05) is 26.7 Å². The van der Waals surface area contributed by atoms with Crippen LogP contribution in [0.4, 0.5) is 4.39 Å². The van der Waals surface area contributed by atoms with Crippen LogP contribution < -0.4 is 10.5 Å². The van der Waals surface area contributed by atoms with E-state index in [0.717, 1.165) is 43.8 Å². The molecule has 1 aliphatic heterocycles. The van der Waals surface area contributed by atoms with Crippen LogP contribution in [0.2, 0.25) is 0 Å². The number of benzene rings is 1. The highest BCUT2D eigenvalue weighted by atomic mass is 19.1. The molecule has 1 atom stereocenters. The number of nitrogens with zero attached hydrogens (tertiary/aromatic N) is 2. The number of rotatable bonds is 11. The van der Waals surface area contributed by atoms with Crippen LogP contribution in [0.15, 0.2) is 24.4 Å². The minimum absolute atomic E-state index is 0.102. The molecule has 1 aromatic carbocycles. The Bertz CT molecular complexity index is 1010. The lowest BCUT2D eigenvalue weighted by Gasteiger charge is -2.42. The molecule has 2 fully saturated rings. The van der Waals surface area contributed by atoms with E-state index in [1.54, 1.807) is 13.3 Å². The molecule has 6 nitrogen and oxygen atoms in total. The van der Waals surface area contributed by atoms with E-state index < -0.39 is 12.1 Å². The second kappa shape index (κ2) is 12.3. The average Bonchev–Trinajstić information content (AvgIpc) is 2.90. The summed E-state index contributed by atoms with van der Waals surface area (Å²) in [5.74, 6) is 0.708. The molecular formula is C29H42FN3O3. The third-order valence-corrected chi connectivity index (χ3v) is 8.68. The number of pyridine rings is 1. The van der Waals surface area contributed by atoms with Gasteiger partial charge in [0.05, 0.1) is 19.0 Å². The first kappa shape index (κ1) is 26.8. The zero-order chi connectivity index (χ0) is 25.5. The summed E-state index contributed by atoms with van der Waals surface area (Å²) >= 11 is 0. The number of halogens is 1. The quantitative estimate of drug-likeness (QED) is 0.393. The minimum atomic E-state index is -1.24. The van der Waals surface area contributed by atoms with Gasteiger partial charge in [0.1, 0.15) is 11.9 Å². The molecule has 1 aromatic heterocycles. The van der Waals surface area contributed by atoms with Crippen LogP contribution in [0.3, 0.4) is 0 Å². The number of methoxy groups -OCH3 is 1. The number of ether oxygens (including phenoxy) is 1. The van der Waals surface area contributed by atoms with Gasteiger partial charge in [0, 0.05) is 23.7 Å². The first-order chi connectivity index (χ1) is 17.4. The highest BCUT2D eigenvalue weighted by molar-refractivity contribution is 5.85. The minimum Gasteiger partial charge on any atom is -0.497 e. The van der Waals surface area contributed by atoms with Crippen LogP contribution in [0.1, 0.15) is 87.9 Å². The molecule has 1 saturated heterocycles. The van der Waals surface area contributed by atoms with E-state index >= 15 is 4.39 Å². The number of aromatic nitrogens is 1. The molecule has 0 unspecified atom stereocenters. The molecule has 4 rings (SSSR count). The van der Waals surface area contributed by atoms with Crippen molar-refractivity contribution in [1.82, 2.24) is 9.88 Å². The summed E-state index contributed by atoms with van der Waals surface area (Å²) in [6.07, 6.45) is 11.0. The molecule has 0 radical (unpaired) electrons. The van der Waals surface area contributed by atoms with Crippen molar-refractivity contribution in [2.24, 2.45) is 17.1 Å². The SMILES string of the molecule is COc1ccc2ncc(CN)c([C@H](F)CCC3(CC(=O)O)CCN(CCC4CCCCC4)CC3)c2c1. The van der Waals surface area contributed by atoms with E-state index in [9.17, 15) is 9.90 Å². The Morgan fingerprint density at radius 2 is 2.03 bits per heavy atom. The summed E-state index contributed by atoms with van der Waals surface area (Å²) in [5, 5.41) is 10.4. The van der Waals surface area contributed by atoms with Gasteiger partial charge in [-0.2, -0.15) is 0 Å². The van der Waals surface area contributed by atoms with Crippen LogP contribution in [-0.2, 0) is 11.3 Å². The number of aliphatic carboxylic acids is 1. The van der Waals surface area contributed by atoms with Gasteiger partial charge in [-0.05, 0) is 86.8 Å². The molecule has 0 amide bonds. The summed E-state index contributed by atoms with van der Waals surface area (Å²) in [6, 6.07) is 5.47. The van der Waals surface area contributed by atoms with Crippen molar-refractivity contribution in [2.45, 2.75) is 83.3 Å². The third-order valence-electron chi connectivity index (χ3n) is 8.68. The summed E-state index contributed by atoms with van der Waals surface area (Å²) in [4.78, 5) is 18.7. The molecule has 7 heteroatoms. The van der Waals surface area contributed by atoms with Crippen LogP contribution in [0, 0.1) is 11.3 Å². The van der Waals surface area contributed by atoms with E-state index in [-0.39, 0.29) is 24.8 Å². The van der Waals surface area contributed by atoms with Crippen LogP contribution in [0.5, 0.6) is 5.75 Å². The molecule has 36 heavy (non-hydrogen) atoms. The van der Waals surface area contributed by atoms with E-state index in [1.807, 2.05) is 18.2 Å². The molecule has 2 aromatic rings. The predicted octanol–water partition coefficient (Wildman–Crippen LogP) is 6.02. The number of carboxylic acid groups (broad SMARTS) is 1. The first-order valence-electron chi connectivity index (χ1n) is 13.7. The van der Waals surface area contributed by atoms with Crippen molar-refractivity contribution < 1.29 is 19.0 Å². The number of hydrogen-bond donors (Lipinski definition) is 2. The molecule has 198 valence electrons. The maximum absolute atomic E-state index is 15.9. The first-order valence-corrected chi connectivity index (χ1v) is 13.7. The van der Waals surface area contributed by atoms with Crippen LogP contribution in [0.25, 0.3) is 10.9 Å². The second-order valence-corrected chi connectivity index (χ2v) is 11.0. The number of nitrogens with two attached hydrogens (primary N) is 1. The number of fused-ring (bicyclic) bond motifs is 1. The van der Waals surface area contributed by atoms with Crippen molar-refractivity contribution >= 4 is 16.9 Å². The van der Waals surface area contributed by atoms with Gasteiger partial charge in [0.25, 0.3) is 0 Å². The number of carbonyl (C=O) groups is 1. The maximum Gasteiger partial charge on any atom is 0.303 e. The molecule has 1 saturated carbocycles. The van der Waals surface area contributed by atoms with Gasteiger partial charge in [-0.1, -0.05) is 32.1 Å². The Hall–Kier alpha value is -2.25. The van der Waals surface area contributed by atoms with E-state index in [0.29, 0.717) is 28.8 Å². The number of carboxylic acids is 1. The third kappa shape index (κ3) is 6.54. The molecule has 2 heterocycles. The van der Waals surface area contributed by atoms with Gasteiger partial charge in [-0.3, -0.25) is 9.78 Å². The van der Waals surface area contributed by atoms with Crippen molar-refractivity contribution in [1.29, 1.82) is 0 Å². The average molecular weight is 500 g/mol. The zero-order valence-corrected chi connectivity index (χ0v) is 21.7. The lowest BCUT2D eigenvalue weighted by atomic mass is 9.71. The molecule has 0 spiro atoms. The standard InChI is InChI=1S/C29H42FN3O3/c1-36-23-7-8-26-24(17-23)28(22(19-31)20-32-26)25(30)9-11-29(18-27(34)35)12-15-33(16-13-29)14-10-21-5-3-2-4-6-21/h7-8,17,20-21,25H,2-6,9-16,18-19,31H2,1H3,(H,34,35)/t25-/m1/s1. The number of likely N-dealkylation sites (tertiary alicyclic amines) is 1. The van der Waals surface area contributed by atoms with Gasteiger partial charge < -0.3 is 20.5 Å². The smallest absolute Gasteiger partial charge is 0.303 e. The van der Waals surface area contributed by atoms with E-state index in [1.165, 1.54) is 38.5 Å². The van der Waals surface area contributed by atoms with Gasteiger partial charge in [0.15, 0.2) is 0 Å². The van der Waals surface area contributed by atoms with Crippen molar-refractivity contribution in [3.8, 4) is 5.75 Å². The summed E-state index contributed by atoms with van der Waals surface area (Å²) in [6.45, 7) is 3.11. The largest absolute Gasteiger partial charge is 0.497 e. The fourth-order valence-electron chi connectivity index (χ4n) is 6.40. The van der Waals surface area contributed by atoms with Crippen molar-refractivity contribution in [3.05, 3.63) is 35.5 Å². The highest BCUT2D eigenvalue weighted by Gasteiger charge is 2.37. The normalized spacial score (nSPS) is 19.9. The number of piperidine rings is 1. The fraction of sp³-hybridized carbons (Fsp3) is 0.655. The molecule has 3 N–H and O–H groups in total. The Balaban J connectivity index is 1.43. The summed E-state index contributed by atoms with van der Waals surface area (Å²) in [5.41, 5.74) is 7.56. The lowest BCUT2D eigenvalue weighted by Crippen LogP contribution is -2.42. The van der Waals surface area contributed by atoms with E-state index in [2.05, 4.69) is 9.88 Å². The fourth-order valence-corrected chi connectivity index (χ4v) is 6.40. The Labute approximate surface area is 214 Å². The van der Waals surface area contributed by atoms with Gasteiger partial charge in [-0.25, -0.2) is 4.39 Å². The number of hydrogen-bond acceptors (Lipinski definition) is 5. The summed E-state index contributed by atoms with van der Waals surface area (Å²) < 4.78 is 21.3. The second-order valence-electron chi connectivity index (χ2n) is 11.0. The molecule has 2 aliphatic rings. The monoisotopic (exact) mass is 499 g/mol. The van der Waals surface area contributed by atoms with Crippen LogP contribution in [-0.4, -0.2) is 47.7 Å². The predicted molar refractivity (Wildman–Crippen MR) is 141 cm³/mol. The highest BCUT2D eigenvalue weighted by Crippen LogP contribution is 2.43. The Morgan fingerprint density at radius 3 is 2.69 bits per heavy atom. The lowest BCUT2D eigenvalue weighted by molar-refractivity contribution is -0.141.